The van der Waals surface area contributed by atoms with Crippen LogP contribution >= 0.6 is 0 Å². The van der Waals surface area contributed by atoms with Gasteiger partial charge < -0.3 is 14.8 Å². The average molecular weight is 509 g/mol. The Morgan fingerprint density at radius 2 is 1.78 bits per heavy atom. The number of amides is 1. The number of hydrogen-bond donors (Lipinski definition) is 1. The van der Waals surface area contributed by atoms with Crippen molar-refractivity contribution in [3.8, 4) is 11.5 Å². The van der Waals surface area contributed by atoms with Crippen LogP contribution in [0.4, 0.5) is 5.69 Å². The van der Waals surface area contributed by atoms with E-state index in [2.05, 4.69) is 5.32 Å². The van der Waals surface area contributed by atoms with Crippen LogP contribution in [0, 0.1) is 13.8 Å². The van der Waals surface area contributed by atoms with E-state index in [0.29, 0.717) is 23.6 Å². The maximum atomic E-state index is 13.7. The molecule has 0 saturated carbocycles. The van der Waals surface area contributed by atoms with E-state index in [1.165, 1.54) is 4.31 Å². The standard InChI is InChI=1S/C28H32N2O5S/c1-19-10-13-22(14-11-19)36(32,33)30(25-9-7-6-8-20(25)2)18-27(31)29-24-17-28(3,4)35-26-16-21(34-5)12-15-23(24)26/h6-16,24H,17-18H2,1-5H3,(H,29,31). The first kappa shape index (κ1) is 25.6. The number of methoxy groups -OCH3 is 1. The fraction of sp³-hybridized carbons (Fsp3) is 0.321. The van der Waals surface area contributed by atoms with E-state index in [0.717, 1.165) is 16.7 Å². The van der Waals surface area contributed by atoms with E-state index in [1.807, 2.05) is 52.0 Å². The van der Waals surface area contributed by atoms with Crippen molar-refractivity contribution in [1.82, 2.24) is 5.32 Å². The molecule has 0 radical (unpaired) electrons. The van der Waals surface area contributed by atoms with E-state index in [4.69, 9.17) is 9.47 Å². The van der Waals surface area contributed by atoms with E-state index < -0.39 is 21.5 Å². The first-order valence-electron chi connectivity index (χ1n) is 11.8. The molecular weight excluding hydrogens is 476 g/mol. The van der Waals surface area contributed by atoms with Crippen LogP contribution < -0.4 is 19.1 Å². The zero-order chi connectivity index (χ0) is 26.1. The number of para-hydroxylation sites is 1. The molecule has 1 atom stereocenters. The topological polar surface area (TPSA) is 84.9 Å². The number of rotatable bonds is 7. The Hall–Kier alpha value is -3.52. The summed E-state index contributed by atoms with van der Waals surface area (Å²) in [7, 11) is -2.40. The van der Waals surface area contributed by atoms with Crippen LogP contribution in [0.3, 0.4) is 0 Å². The highest BCUT2D eigenvalue weighted by Gasteiger charge is 2.36. The zero-order valence-corrected chi connectivity index (χ0v) is 22.1. The first-order chi connectivity index (χ1) is 17.0. The summed E-state index contributed by atoms with van der Waals surface area (Å²) in [6.45, 7) is 7.28. The van der Waals surface area contributed by atoms with E-state index in [9.17, 15) is 13.2 Å². The van der Waals surface area contributed by atoms with Crippen LogP contribution in [-0.2, 0) is 14.8 Å². The lowest BCUT2D eigenvalue weighted by atomic mass is 9.89. The van der Waals surface area contributed by atoms with Crippen molar-refractivity contribution in [2.75, 3.05) is 18.0 Å². The van der Waals surface area contributed by atoms with Crippen molar-refractivity contribution < 1.29 is 22.7 Å². The van der Waals surface area contributed by atoms with Crippen molar-refractivity contribution in [1.29, 1.82) is 0 Å². The number of carbonyl (C=O) groups excluding carboxylic acids is 1. The molecule has 1 heterocycles. The summed E-state index contributed by atoms with van der Waals surface area (Å²) in [5.41, 5.74) is 2.47. The van der Waals surface area contributed by atoms with Gasteiger partial charge in [-0.2, -0.15) is 0 Å². The number of anilines is 1. The number of benzene rings is 3. The summed E-state index contributed by atoms with van der Waals surface area (Å²) in [4.78, 5) is 13.5. The second-order valence-electron chi connectivity index (χ2n) is 9.70. The summed E-state index contributed by atoms with van der Waals surface area (Å²) in [6.07, 6.45) is 0.535. The van der Waals surface area contributed by atoms with Gasteiger partial charge >= 0.3 is 0 Å². The number of nitrogens with zero attached hydrogens (tertiary/aromatic N) is 1. The van der Waals surface area contributed by atoms with Crippen LogP contribution in [0.5, 0.6) is 11.5 Å². The largest absolute Gasteiger partial charge is 0.497 e. The Labute approximate surface area is 213 Å². The number of fused-ring (bicyclic) bond motifs is 1. The lowest BCUT2D eigenvalue weighted by Crippen LogP contribution is -2.45. The molecule has 1 unspecified atom stereocenters. The Morgan fingerprint density at radius 3 is 2.44 bits per heavy atom. The monoisotopic (exact) mass is 508 g/mol. The van der Waals surface area contributed by atoms with Gasteiger partial charge in [0, 0.05) is 18.1 Å². The molecular formula is C28H32N2O5S. The lowest BCUT2D eigenvalue weighted by Gasteiger charge is -2.38. The molecule has 1 aliphatic heterocycles. The smallest absolute Gasteiger partial charge is 0.264 e. The van der Waals surface area contributed by atoms with E-state index in [-0.39, 0.29) is 17.5 Å². The highest BCUT2D eigenvalue weighted by molar-refractivity contribution is 7.92. The first-order valence-corrected chi connectivity index (χ1v) is 13.3. The SMILES string of the molecule is COc1ccc2c(c1)OC(C)(C)CC2NC(=O)CN(c1ccccc1C)S(=O)(=O)c1ccc(C)cc1. The maximum absolute atomic E-state index is 13.7. The van der Waals surface area contributed by atoms with Crippen molar-refractivity contribution in [3.05, 3.63) is 83.4 Å². The highest BCUT2D eigenvalue weighted by Crippen LogP contribution is 2.41. The van der Waals surface area contributed by atoms with Gasteiger partial charge in [-0.05, 0) is 63.6 Å². The molecule has 1 amide bonds. The third kappa shape index (κ3) is 5.33. The van der Waals surface area contributed by atoms with E-state index in [1.54, 1.807) is 49.6 Å². The molecule has 1 N–H and O–H groups in total. The van der Waals surface area contributed by atoms with E-state index >= 15 is 0 Å². The number of ether oxygens (including phenoxy) is 2. The minimum atomic E-state index is -3.99. The van der Waals surface area contributed by atoms with Gasteiger partial charge in [-0.15, -0.1) is 0 Å². The van der Waals surface area contributed by atoms with Gasteiger partial charge in [0.2, 0.25) is 5.91 Å². The second kappa shape index (κ2) is 9.85. The second-order valence-corrected chi connectivity index (χ2v) is 11.6. The summed E-state index contributed by atoms with van der Waals surface area (Å²) in [5.74, 6) is 0.892. The molecule has 36 heavy (non-hydrogen) atoms. The minimum absolute atomic E-state index is 0.133. The molecule has 0 bridgehead atoms. The fourth-order valence-corrected chi connectivity index (χ4v) is 5.92. The quantitative estimate of drug-likeness (QED) is 0.489. The van der Waals surface area contributed by atoms with Crippen LogP contribution in [-0.4, -0.2) is 33.6 Å². The molecule has 4 rings (SSSR count). The van der Waals surface area contributed by atoms with Gasteiger partial charge in [0.05, 0.1) is 23.7 Å². The van der Waals surface area contributed by atoms with Crippen molar-refractivity contribution in [2.24, 2.45) is 0 Å². The Morgan fingerprint density at radius 1 is 1.08 bits per heavy atom. The number of hydrogen-bond acceptors (Lipinski definition) is 5. The predicted octanol–water partition coefficient (Wildman–Crippen LogP) is 4.93. The minimum Gasteiger partial charge on any atom is -0.497 e. The summed E-state index contributed by atoms with van der Waals surface area (Å²) >= 11 is 0. The molecule has 8 heteroatoms. The van der Waals surface area contributed by atoms with Crippen LogP contribution in [0.15, 0.2) is 71.6 Å². The molecule has 0 aromatic heterocycles. The van der Waals surface area contributed by atoms with Gasteiger partial charge in [-0.3, -0.25) is 9.10 Å². The maximum Gasteiger partial charge on any atom is 0.264 e. The molecule has 0 saturated heterocycles. The van der Waals surface area contributed by atoms with Crippen LogP contribution in [0.25, 0.3) is 0 Å². The van der Waals surface area contributed by atoms with Crippen molar-refractivity contribution >= 4 is 21.6 Å². The lowest BCUT2D eigenvalue weighted by molar-refractivity contribution is -0.120. The molecule has 7 nitrogen and oxygen atoms in total. The van der Waals surface area contributed by atoms with Gasteiger partial charge in [-0.1, -0.05) is 35.9 Å². The number of nitrogens with one attached hydrogen (secondary N) is 1. The predicted molar refractivity (Wildman–Crippen MR) is 140 cm³/mol. The van der Waals surface area contributed by atoms with Gasteiger partial charge in [-0.25, -0.2) is 8.42 Å². The van der Waals surface area contributed by atoms with Gasteiger partial charge in [0.15, 0.2) is 0 Å². The van der Waals surface area contributed by atoms with Crippen molar-refractivity contribution in [2.45, 2.75) is 50.7 Å². The van der Waals surface area contributed by atoms with Gasteiger partial charge in [0.1, 0.15) is 23.6 Å². The third-order valence-electron chi connectivity index (χ3n) is 6.29. The molecule has 1 aliphatic rings. The Balaban J connectivity index is 1.66. The van der Waals surface area contributed by atoms with Crippen molar-refractivity contribution in [3.63, 3.8) is 0 Å². The molecule has 3 aromatic carbocycles. The van der Waals surface area contributed by atoms with Gasteiger partial charge in [0.25, 0.3) is 10.0 Å². The Bertz CT molecular complexity index is 1370. The summed E-state index contributed by atoms with van der Waals surface area (Å²) in [5, 5.41) is 3.05. The molecule has 190 valence electrons. The van der Waals surface area contributed by atoms with Crippen LogP contribution in [0.2, 0.25) is 0 Å². The zero-order valence-electron chi connectivity index (χ0n) is 21.2. The normalized spacial score (nSPS) is 16.4. The Kier molecular flexibility index (Phi) is 7.00. The summed E-state index contributed by atoms with van der Waals surface area (Å²) < 4.78 is 40.0. The number of sulfonamides is 1. The highest BCUT2D eigenvalue weighted by atomic mass is 32.2. The number of carbonyl (C=O) groups is 1. The third-order valence-corrected chi connectivity index (χ3v) is 8.07. The number of aryl methyl sites for hydroxylation is 2. The molecule has 0 spiro atoms. The molecule has 0 aliphatic carbocycles. The molecule has 0 fully saturated rings. The average Bonchev–Trinajstić information content (AvgIpc) is 2.82. The summed E-state index contributed by atoms with van der Waals surface area (Å²) in [6, 6.07) is 18.9. The fourth-order valence-electron chi connectivity index (χ4n) is 4.44. The van der Waals surface area contributed by atoms with Crippen LogP contribution in [0.1, 0.15) is 43.0 Å². The molecule has 3 aromatic rings.